The van der Waals surface area contributed by atoms with Crippen LogP contribution >= 0.6 is 0 Å². The number of nitrogens with zero attached hydrogens (tertiary/aromatic N) is 1. The summed E-state index contributed by atoms with van der Waals surface area (Å²) in [7, 11) is -3.70. The van der Waals surface area contributed by atoms with Crippen molar-refractivity contribution in [3.8, 4) is 0 Å². The zero-order chi connectivity index (χ0) is 22.3. The number of ether oxygens (including phenoxy) is 1. The first kappa shape index (κ1) is 23.1. The molecule has 1 amide bonds. The van der Waals surface area contributed by atoms with Crippen molar-refractivity contribution in [2.75, 3.05) is 39.4 Å². The summed E-state index contributed by atoms with van der Waals surface area (Å²) >= 11 is 0. The average molecular weight is 446 g/mol. The number of Topliss-reactive ketones (excluding diaryl/α,β-unsaturated/α-hetero) is 1. The van der Waals surface area contributed by atoms with Crippen LogP contribution in [0.1, 0.15) is 33.2 Å². The van der Waals surface area contributed by atoms with E-state index in [-0.39, 0.29) is 23.1 Å². The highest BCUT2D eigenvalue weighted by Crippen LogP contribution is 2.12. The van der Waals surface area contributed by atoms with Crippen molar-refractivity contribution in [3.63, 3.8) is 0 Å². The van der Waals surface area contributed by atoms with Crippen molar-refractivity contribution in [3.05, 3.63) is 65.2 Å². The highest BCUT2D eigenvalue weighted by Gasteiger charge is 2.15. The summed E-state index contributed by atoms with van der Waals surface area (Å²) in [6.45, 7) is 6.06. The fraction of sp³-hybridized carbons (Fsp3) is 0.364. The Morgan fingerprint density at radius 2 is 1.58 bits per heavy atom. The summed E-state index contributed by atoms with van der Waals surface area (Å²) in [5, 5.41) is 2.90. The second-order valence-corrected chi connectivity index (χ2v) is 9.08. The van der Waals surface area contributed by atoms with E-state index in [1.807, 2.05) is 0 Å². The maximum absolute atomic E-state index is 12.4. The lowest BCUT2D eigenvalue weighted by molar-refractivity contribution is 0.0383. The van der Waals surface area contributed by atoms with Crippen LogP contribution in [0.2, 0.25) is 0 Å². The van der Waals surface area contributed by atoms with E-state index < -0.39 is 10.0 Å². The molecule has 0 atom stereocenters. The Morgan fingerprint density at radius 1 is 0.968 bits per heavy atom. The number of nitrogens with one attached hydrogen (secondary N) is 2. The second kappa shape index (κ2) is 10.6. The predicted octanol–water partition coefficient (Wildman–Crippen LogP) is 1.43. The Hall–Kier alpha value is -2.59. The van der Waals surface area contributed by atoms with Gasteiger partial charge in [0.1, 0.15) is 0 Å². The molecule has 0 radical (unpaired) electrons. The Balaban J connectivity index is 1.49. The van der Waals surface area contributed by atoms with Crippen molar-refractivity contribution < 1.29 is 22.7 Å². The fourth-order valence-corrected chi connectivity index (χ4v) is 4.18. The average Bonchev–Trinajstić information content (AvgIpc) is 2.79. The van der Waals surface area contributed by atoms with Crippen LogP contribution in [0.4, 0.5) is 0 Å². The lowest BCUT2D eigenvalue weighted by atomic mass is 10.1. The molecule has 0 aromatic heterocycles. The number of morpholine rings is 1. The van der Waals surface area contributed by atoms with Crippen LogP contribution in [-0.2, 0) is 21.3 Å². The number of hydrogen-bond acceptors (Lipinski definition) is 6. The van der Waals surface area contributed by atoms with Gasteiger partial charge < -0.3 is 10.1 Å². The normalized spacial score (nSPS) is 14.9. The van der Waals surface area contributed by atoms with Crippen LogP contribution in [0.15, 0.2) is 53.4 Å². The molecule has 0 spiro atoms. The molecule has 0 bridgehead atoms. The van der Waals surface area contributed by atoms with Gasteiger partial charge in [-0.05, 0) is 36.8 Å². The number of carbonyl (C=O) groups excluding carboxylic acids is 2. The number of rotatable bonds is 9. The molecular weight excluding hydrogens is 418 g/mol. The standard InChI is InChI=1S/C22H27N3O5S/c1-17(26)19-6-8-21(9-7-19)31(28,29)24-16-18-2-4-20(5-3-18)22(27)23-10-11-25-12-14-30-15-13-25/h2-9,24H,10-16H2,1H3,(H,23,27). The van der Waals surface area contributed by atoms with Gasteiger partial charge in [-0.1, -0.05) is 24.3 Å². The van der Waals surface area contributed by atoms with Crippen molar-refractivity contribution >= 4 is 21.7 Å². The molecule has 3 rings (SSSR count). The van der Waals surface area contributed by atoms with Crippen LogP contribution in [0.25, 0.3) is 0 Å². The van der Waals surface area contributed by atoms with Crippen LogP contribution in [0, 0.1) is 0 Å². The van der Waals surface area contributed by atoms with Crippen molar-refractivity contribution in [2.24, 2.45) is 0 Å². The summed E-state index contributed by atoms with van der Waals surface area (Å²) in [6, 6.07) is 12.6. The molecule has 166 valence electrons. The smallest absolute Gasteiger partial charge is 0.251 e. The largest absolute Gasteiger partial charge is 0.379 e. The van der Waals surface area contributed by atoms with Gasteiger partial charge in [0.25, 0.3) is 5.91 Å². The number of hydrogen-bond donors (Lipinski definition) is 2. The Bertz CT molecular complexity index is 998. The van der Waals surface area contributed by atoms with E-state index in [0.717, 1.165) is 38.4 Å². The number of amides is 1. The number of ketones is 1. The summed E-state index contributed by atoms with van der Waals surface area (Å²) in [5.41, 5.74) is 1.71. The molecule has 1 fully saturated rings. The molecule has 0 unspecified atom stereocenters. The fourth-order valence-electron chi connectivity index (χ4n) is 3.16. The van der Waals surface area contributed by atoms with Crippen LogP contribution in [0.3, 0.4) is 0 Å². The Kier molecular flexibility index (Phi) is 7.91. The number of sulfonamides is 1. The van der Waals surface area contributed by atoms with E-state index in [1.165, 1.54) is 31.2 Å². The van der Waals surface area contributed by atoms with Gasteiger partial charge in [0, 0.05) is 43.9 Å². The molecule has 1 aliphatic heterocycles. The van der Waals surface area contributed by atoms with E-state index in [0.29, 0.717) is 17.7 Å². The zero-order valence-corrected chi connectivity index (χ0v) is 18.3. The highest BCUT2D eigenvalue weighted by molar-refractivity contribution is 7.89. The first-order chi connectivity index (χ1) is 14.8. The van der Waals surface area contributed by atoms with Gasteiger partial charge >= 0.3 is 0 Å². The van der Waals surface area contributed by atoms with Crippen LogP contribution in [0.5, 0.6) is 0 Å². The second-order valence-electron chi connectivity index (χ2n) is 7.31. The van der Waals surface area contributed by atoms with E-state index in [4.69, 9.17) is 4.74 Å². The van der Waals surface area contributed by atoms with Crippen molar-refractivity contribution in [2.45, 2.75) is 18.4 Å². The number of benzene rings is 2. The predicted molar refractivity (Wildman–Crippen MR) is 117 cm³/mol. The minimum absolute atomic E-state index is 0.0914. The van der Waals surface area contributed by atoms with Crippen molar-refractivity contribution in [1.29, 1.82) is 0 Å². The highest BCUT2D eigenvalue weighted by atomic mass is 32.2. The molecule has 8 nitrogen and oxygen atoms in total. The minimum atomic E-state index is -3.70. The molecular formula is C22H27N3O5S. The van der Waals surface area contributed by atoms with Gasteiger partial charge in [-0.2, -0.15) is 0 Å². The third-order valence-electron chi connectivity index (χ3n) is 5.07. The minimum Gasteiger partial charge on any atom is -0.379 e. The summed E-state index contributed by atoms with van der Waals surface area (Å²) in [6.07, 6.45) is 0. The summed E-state index contributed by atoms with van der Waals surface area (Å²) < 4.78 is 32.7. The Morgan fingerprint density at radius 3 is 2.19 bits per heavy atom. The molecule has 2 N–H and O–H groups in total. The zero-order valence-electron chi connectivity index (χ0n) is 17.5. The van der Waals surface area contributed by atoms with Gasteiger partial charge in [-0.25, -0.2) is 13.1 Å². The number of carbonyl (C=O) groups is 2. The van der Waals surface area contributed by atoms with E-state index in [1.54, 1.807) is 24.3 Å². The van der Waals surface area contributed by atoms with Crippen LogP contribution in [-0.4, -0.2) is 64.4 Å². The lowest BCUT2D eigenvalue weighted by Gasteiger charge is -2.26. The Labute approximate surface area is 182 Å². The van der Waals surface area contributed by atoms with Gasteiger partial charge in [-0.15, -0.1) is 0 Å². The molecule has 1 heterocycles. The van der Waals surface area contributed by atoms with Gasteiger partial charge in [-0.3, -0.25) is 14.5 Å². The van der Waals surface area contributed by atoms with Gasteiger partial charge in [0.05, 0.1) is 18.1 Å². The molecule has 1 saturated heterocycles. The molecule has 0 aliphatic carbocycles. The van der Waals surface area contributed by atoms with Gasteiger partial charge in [0.15, 0.2) is 5.78 Å². The SMILES string of the molecule is CC(=O)c1ccc(S(=O)(=O)NCc2ccc(C(=O)NCCN3CCOCC3)cc2)cc1. The monoisotopic (exact) mass is 445 g/mol. The maximum Gasteiger partial charge on any atom is 0.251 e. The van der Waals surface area contributed by atoms with Gasteiger partial charge in [0.2, 0.25) is 10.0 Å². The van der Waals surface area contributed by atoms with E-state index in [9.17, 15) is 18.0 Å². The topological polar surface area (TPSA) is 105 Å². The molecule has 9 heteroatoms. The summed E-state index contributed by atoms with van der Waals surface area (Å²) in [5.74, 6) is -0.284. The first-order valence-electron chi connectivity index (χ1n) is 10.1. The summed E-state index contributed by atoms with van der Waals surface area (Å²) in [4.78, 5) is 25.9. The molecule has 1 aliphatic rings. The molecule has 31 heavy (non-hydrogen) atoms. The maximum atomic E-state index is 12.4. The first-order valence-corrected chi connectivity index (χ1v) is 11.6. The van der Waals surface area contributed by atoms with Crippen molar-refractivity contribution in [1.82, 2.24) is 14.9 Å². The molecule has 2 aromatic rings. The van der Waals surface area contributed by atoms with E-state index >= 15 is 0 Å². The van der Waals surface area contributed by atoms with Crippen LogP contribution < -0.4 is 10.0 Å². The third-order valence-corrected chi connectivity index (χ3v) is 6.49. The quantitative estimate of drug-likeness (QED) is 0.566. The molecule has 2 aromatic carbocycles. The van der Waals surface area contributed by atoms with E-state index in [2.05, 4.69) is 14.9 Å². The molecule has 0 saturated carbocycles. The third kappa shape index (κ3) is 6.70. The lowest BCUT2D eigenvalue weighted by Crippen LogP contribution is -2.41.